The lowest BCUT2D eigenvalue weighted by Gasteiger charge is -2.32. The van der Waals surface area contributed by atoms with Gasteiger partial charge in [-0.1, -0.05) is 18.2 Å². The van der Waals surface area contributed by atoms with Gasteiger partial charge in [0.05, 0.1) is 5.69 Å². The molecule has 14 heavy (non-hydrogen) atoms. The van der Waals surface area contributed by atoms with E-state index in [9.17, 15) is 0 Å². The summed E-state index contributed by atoms with van der Waals surface area (Å²) in [5.41, 5.74) is 2.78. The van der Waals surface area contributed by atoms with Gasteiger partial charge in [0.15, 0.2) is 0 Å². The van der Waals surface area contributed by atoms with Crippen LogP contribution in [0.4, 0.5) is 5.69 Å². The van der Waals surface area contributed by atoms with Crippen LogP contribution in [0.2, 0.25) is 0 Å². The lowest BCUT2D eigenvalue weighted by molar-refractivity contribution is 0.411. The first kappa shape index (κ1) is 8.18. The lowest BCUT2D eigenvalue weighted by atomic mass is 9.77. The number of piperidine rings is 1. The van der Waals surface area contributed by atoms with E-state index in [1.54, 1.807) is 0 Å². The first-order chi connectivity index (χ1) is 6.91. The molecule has 1 saturated heterocycles. The molecule has 2 aliphatic rings. The molecule has 2 heterocycles. The van der Waals surface area contributed by atoms with Gasteiger partial charge in [0.25, 0.3) is 0 Å². The van der Waals surface area contributed by atoms with Gasteiger partial charge in [-0.15, -0.1) is 0 Å². The monoisotopic (exact) mass is 186 g/mol. The first-order valence-corrected chi connectivity index (χ1v) is 5.26. The predicted octanol–water partition coefficient (Wildman–Crippen LogP) is 2.02. The molecule has 1 aromatic carbocycles. The van der Waals surface area contributed by atoms with Crippen LogP contribution < -0.4 is 5.32 Å². The number of fused-ring (bicyclic) bond motifs is 2. The third kappa shape index (κ3) is 1.04. The highest BCUT2D eigenvalue weighted by Crippen LogP contribution is 2.40. The van der Waals surface area contributed by atoms with E-state index in [1.807, 2.05) is 0 Å². The molecule has 2 aliphatic heterocycles. The fourth-order valence-electron chi connectivity index (χ4n) is 2.54. The highest BCUT2D eigenvalue weighted by atomic mass is 14.9. The number of rotatable bonds is 0. The van der Waals surface area contributed by atoms with Crippen LogP contribution in [-0.2, 0) is 5.41 Å². The summed E-state index contributed by atoms with van der Waals surface area (Å²) in [6.07, 6.45) is 4.63. The average Bonchev–Trinajstić information content (AvgIpc) is 2.60. The van der Waals surface area contributed by atoms with Gasteiger partial charge in [0.1, 0.15) is 0 Å². The Morgan fingerprint density at radius 2 is 2.21 bits per heavy atom. The molecule has 1 spiro atoms. The first-order valence-electron chi connectivity index (χ1n) is 5.26. The van der Waals surface area contributed by atoms with Crippen molar-refractivity contribution in [1.82, 2.24) is 5.32 Å². The predicted molar refractivity (Wildman–Crippen MR) is 58.4 cm³/mol. The molecule has 2 nitrogen and oxygen atoms in total. The summed E-state index contributed by atoms with van der Waals surface area (Å²) < 4.78 is 0. The van der Waals surface area contributed by atoms with Gasteiger partial charge < -0.3 is 5.32 Å². The summed E-state index contributed by atoms with van der Waals surface area (Å²) >= 11 is 0. The molecule has 0 aliphatic carbocycles. The normalized spacial score (nSPS) is 29.4. The van der Waals surface area contributed by atoms with Crippen molar-refractivity contribution in [3.8, 4) is 0 Å². The third-order valence-electron chi connectivity index (χ3n) is 3.31. The number of para-hydroxylation sites is 1. The Morgan fingerprint density at radius 1 is 1.29 bits per heavy atom. The Kier molecular flexibility index (Phi) is 1.71. The summed E-state index contributed by atoms with van der Waals surface area (Å²) in [7, 11) is 0. The minimum atomic E-state index is 0.203. The molecular formula is C12H14N2. The van der Waals surface area contributed by atoms with Crippen LogP contribution in [0.3, 0.4) is 0 Å². The maximum absolute atomic E-state index is 4.51. The maximum atomic E-state index is 4.51. The summed E-state index contributed by atoms with van der Waals surface area (Å²) in [5, 5.41) is 3.47. The van der Waals surface area contributed by atoms with E-state index in [0.717, 1.165) is 18.8 Å². The highest BCUT2D eigenvalue weighted by Gasteiger charge is 2.36. The minimum absolute atomic E-state index is 0.203. The number of hydrogen-bond donors (Lipinski definition) is 1. The number of benzene rings is 1. The lowest BCUT2D eigenvalue weighted by Crippen LogP contribution is -2.43. The van der Waals surface area contributed by atoms with E-state index >= 15 is 0 Å². The van der Waals surface area contributed by atoms with Crippen molar-refractivity contribution in [2.24, 2.45) is 4.99 Å². The molecule has 1 N–H and O–H groups in total. The van der Waals surface area contributed by atoms with Gasteiger partial charge in [0.2, 0.25) is 0 Å². The minimum Gasteiger partial charge on any atom is -0.315 e. The Bertz CT molecular complexity index is 376. The van der Waals surface area contributed by atoms with E-state index < -0.39 is 0 Å². The molecule has 0 saturated carbocycles. The summed E-state index contributed by atoms with van der Waals surface area (Å²) in [6.45, 7) is 2.20. The van der Waals surface area contributed by atoms with Crippen LogP contribution in [0.25, 0.3) is 0 Å². The second kappa shape index (κ2) is 2.92. The zero-order valence-corrected chi connectivity index (χ0v) is 8.16. The number of hydrogen-bond acceptors (Lipinski definition) is 2. The van der Waals surface area contributed by atoms with E-state index in [4.69, 9.17) is 0 Å². The van der Waals surface area contributed by atoms with Crippen molar-refractivity contribution in [3.63, 3.8) is 0 Å². The van der Waals surface area contributed by atoms with Crippen molar-refractivity contribution in [3.05, 3.63) is 29.8 Å². The molecule has 2 heteroatoms. The fourth-order valence-corrected chi connectivity index (χ4v) is 2.54. The quantitative estimate of drug-likeness (QED) is 0.658. The Hall–Kier alpha value is -1.15. The van der Waals surface area contributed by atoms with Gasteiger partial charge in [0, 0.05) is 18.2 Å². The second-order valence-electron chi connectivity index (χ2n) is 4.21. The topological polar surface area (TPSA) is 24.4 Å². The fraction of sp³-hybridized carbons (Fsp3) is 0.417. The second-order valence-corrected chi connectivity index (χ2v) is 4.21. The zero-order chi connectivity index (χ0) is 9.43. The summed E-state index contributed by atoms with van der Waals surface area (Å²) in [5.74, 6) is 0. The van der Waals surface area contributed by atoms with Crippen LogP contribution in [0.1, 0.15) is 18.4 Å². The van der Waals surface area contributed by atoms with Gasteiger partial charge in [-0.3, -0.25) is 4.99 Å². The van der Waals surface area contributed by atoms with Gasteiger partial charge >= 0.3 is 0 Å². The smallest absolute Gasteiger partial charge is 0.0668 e. The molecular weight excluding hydrogens is 172 g/mol. The molecule has 0 aromatic heterocycles. The molecule has 3 rings (SSSR count). The van der Waals surface area contributed by atoms with Gasteiger partial charge in [-0.05, 0) is 31.0 Å². The van der Waals surface area contributed by atoms with Crippen LogP contribution in [0, 0.1) is 0 Å². The maximum Gasteiger partial charge on any atom is 0.0668 e. The Balaban J connectivity index is 2.07. The van der Waals surface area contributed by atoms with E-state index in [-0.39, 0.29) is 5.41 Å². The Morgan fingerprint density at radius 3 is 3.07 bits per heavy atom. The van der Waals surface area contributed by atoms with Crippen LogP contribution in [-0.4, -0.2) is 19.3 Å². The SMILES string of the molecule is C1=Nc2ccccc2C12CCCNC2. The van der Waals surface area contributed by atoms with E-state index in [0.29, 0.717) is 0 Å². The number of aliphatic imine (C=N–C) groups is 1. The third-order valence-corrected chi connectivity index (χ3v) is 3.31. The van der Waals surface area contributed by atoms with Crippen molar-refractivity contribution >= 4 is 11.9 Å². The largest absolute Gasteiger partial charge is 0.315 e. The molecule has 0 radical (unpaired) electrons. The number of nitrogens with zero attached hydrogens (tertiary/aromatic N) is 1. The van der Waals surface area contributed by atoms with Gasteiger partial charge in [-0.25, -0.2) is 0 Å². The van der Waals surface area contributed by atoms with Crippen LogP contribution >= 0.6 is 0 Å². The molecule has 1 fully saturated rings. The standard InChI is InChI=1S/C12H14N2/c1-2-5-11-10(4-1)12(9-14-11)6-3-7-13-8-12/h1-2,4-5,9,13H,3,6-8H2. The van der Waals surface area contributed by atoms with Crippen molar-refractivity contribution in [1.29, 1.82) is 0 Å². The number of nitrogens with one attached hydrogen (secondary N) is 1. The summed E-state index contributed by atoms with van der Waals surface area (Å²) in [6, 6.07) is 8.50. The van der Waals surface area contributed by atoms with E-state index in [1.165, 1.54) is 18.4 Å². The molecule has 1 unspecified atom stereocenters. The molecule has 0 amide bonds. The summed E-state index contributed by atoms with van der Waals surface area (Å²) in [4.78, 5) is 4.51. The highest BCUT2D eigenvalue weighted by molar-refractivity contribution is 5.85. The molecule has 0 bridgehead atoms. The van der Waals surface area contributed by atoms with Crippen LogP contribution in [0.5, 0.6) is 0 Å². The van der Waals surface area contributed by atoms with Crippen molar-refractivity contribution < 1.29 is 0 Å². The zero-order valence-electron chi connectivity index (χ0n) is 8.16. The van der Waals surface area contributed by atoms with Crippen LogP contribution in [0.15, 0.2) is 29.3 Å². The van der Waals surface area contributed by atoms with Gasteiger partial charge in [-0.2, -0.15) is 0 Å². The average molecular weight is 186 g/mol. The molecule has 1 aromatic rings. The van der Waals surface area contributed by atoms with Crippen molar-refractivity contribution in [2.75, 3.05) is 13.1 Å². The molecule has 1 atom stereocenters. The van der Waals surface area contributed by atoms with E-state index in [2.05, 4.69) is 40.8 Å². The Labute approximate surface area is 84.1 Å². The molecule has 72 valence electrons. The van der Waals surface area contributed by atoms with Crippen molar-refractivity contribution in [2.45, 2.75) is 18.3 Å².